The number of nitro benzene ring substituents is 1. The number of rotatable bonds is 4. The fraction of sp³-hybridized carbons (Fsp3) is 0.0714. The van der Waals surface area contributed by atoms with E-state index in [-0.39, 0.29) is 12.3 Å². The summed E-state index contributed by atoms with van der Waals surface area (Å²) in [6.07, 6.45) is 0. The van der Waals surface area contributed by atoms with Crippen LogP contribution in [-0.4, -0.2) is 4.92 Å². The lowest BCUT2D eigenvalue weighted by molar-refractivity contribution is -0.385. The summed E-state index contributed by atoms with van der Waals surface area (Å²) in [7, 11) is 0. The van der Waals surface area contributed by atoms with Gasteiger partial charge in [-0.1, -0.05) is 28.1 Å². The predicted octanol–water partition coefficient (Wildman–Crippen LogP) is 3.81. The third kappa shape index (κ3) is 3.13. The molecule has 0 aromatic heterocycles. The van der Waals surface area contributed by atoms with E-state index in [0.29, 0.717) is 21.3 Å². The van der Waals surface area contributed by atoms with Gasteiger partial charge in [0.25, 0.3) is 5.69 Å². The molecular formula is C14H9BrN2O3. The largest absolute Gasteiger partial charge is 0.487 e. The lowest BCUT2D eigenvalue weighted by Crippen LogP contribution is -2.01. The highest BCUT2D eigenvalue weighted by molar-refractivity contribution is 9.10. The maximum absolute atomic E-state index is 11.0. The average molecular weight is 333 g/mol. The molecule has 0 bridgehead atoms. The van der Waals surface area contributed by atoms with E-state index in [1.807, 2.05) is 6.07 Å². The van der Waals surface area contributed by atoms with Gasteiger partial charge in [-0.2, -0.15) is 5.26 Å². The third-order valence-electron chi connectivity index (χ3n) is 2.63. The first-order chi connectivity index (χ1) is 9.61. The van der Waals surface area contributed by atoms with Gasteiger partial charge in [-0.3, -0.25) is 10.1 Å². The maximum Gasteiger partial charge on any atom is 0.277 e. The summed E-state index contributed by atoms with van der Waals surface area (Å²) in [6.45, 7) is 0.0300. The molecule has 0 spiro atoms. The molecule has 0 atom stereocenters. The Morgan fingerprint density at radius 3 is 2.75 bits per heavy atom. The number of nitro groups is 1. The molecule has 0 aliphatic rings. The van der Waals surface area contributed by atoms with Gasteiger partial charge < -0.3 is 4.74 Å². The molecule has 0 N–H and O–H groups in total. The second kappa shape index (κ2) is 6.17. The third-order valence-corrected chi connectivity index (χ3v) is 3.13. The second-order valence-electron chi connectivity index (χ2n) is 3.93. The number of hydrogen-bond acceptors (Lipinski definition) is 4. The Labute approximate surface area is 123 Å². The van der Waals surface area contributed by atoms with Gasteiger partial charge in [-0.15, -0.1) is 0 Å². The van der Waals surface area contributed by atoms with Crippen LogP contribution in [0.25, 0.3) is 0 Å². The molecule has 0 heterocycles. The van der Waals surface area contributed by atoms with Crippen molar-refractivity contribution in [2.24, 2.45) is 0 Å². The van der Waals surface area contributed by atoms with Gasteiger partial charge in [0.05, 0.1) is 16.1 Å². The van der Waals surface area contributed by atoms with Gasteiger partial charge in [0.2, 0.25) is 0 Å². The summed E-state index contributed by atoms with van der Waals surface area (Å²) < 4.78 is 6.13. The van der Waals surface area contributed by atoms with E-state index >= 15 is 0 Å². The van der Waals surface area contributed by atoms with Crippen LogP contribution < -0.4 is 4.74 Å². The minimum absolute atomic E-state index is 0.0196. The van der Waals surface area contributed by atoms with Crippen LogP contribution in [0, 0.1) is 21.4 Å². The van der Waals surface area contributed by atoms with E-state index in [9.17, 15) is 10.1 Å². The Hall–Kier alpha value is -2.39. The van der Waals surface area contributed by atoms with Crippen LogP contribution in [0.15, 0.2) is 46.9 Å². The van der Waals surface area contributed by atoms with Crippen LogP contribution in [0.5, 0.6) is 5.75 Å². The number of nitriles is 1. The number of hydrogen-bond donors (Lipinski definition) is 0. The molecule has 6 heteroatoms. The first-order valence-electron chi connectivity index (χ1n) is 5.66. The van der Waals surface area contributed by atoms with Crippen LogP contribution in [0.1, 0.15) is 11.1 Å². The Balaban J connectivity index is 2.24. The van der Waals surface area contributed by atoms with Gasteiger partial charge in [-0.25, -0.2) is 0 Å². The predicted molar refractivity (Wildman–Crippen MR) is 76.3 cm³/mol. The minimum Gasteiger partial charge on any atom is -0.487 e. The van der Waals surface area contributed by atoms with Crippen molar-refractivity contribution in [1.29, 1.82) is 5.26 Å². The van der Waals surface area contributed by atoms with E-state index in [4.69, 9.17) is 10.00 Å². The van der Waals surface area contributed by atoms with Gasteiger partial charge in [-0.05, 0) is 24.3 Å². The summed E-state index contributed by atoms with van der Waals surface area (Å²) in [6, 6.07) is 13.5. The van der Waals surface area contributed by atoms with Crippen LogP contribution in [0.3, 0.4) is 0 Å². The van der Waals surface area contributed by atoms with Crippen molar-refractivity contribution in [3.05, 3.63) is 68.2 Å². The van der Waals surface area contributed by atoms with Crippen LogP contribution in [-0.2, 0) is 6.61 Å². The zero-order valence-corrected chi connectivity index (χ0v) is 11.8. The second-order valence-corrected chi connectivity index (χ2v) is 4.84. The van der Waals surface area contributed by atoms with Crippen molar-refractivity contribution in [3.8, 4) is 11.8 Å². The first kappa shape index (κ1) is 14.0. The molecule has 2 aromatic rings. The smallest absolute Gasteiger partial charge is 0.277 e. The van der Waals surface area contributed by atoms with E-state index in [1.54, 1.807) is 36.4 Å². The Morgan fingerprint density at radius 1 is 1.30 bits per heavy atom. The molecule has 0 aliphatic carbocycles. The normalized spacial score (nSPS) is 9.80. The summed E-state index contributed by atoms with van der Waals surface area (Å²) in [5, 5.41) is 19.9. The number of para-hydroxylation sites is 1. The molecule has 0 aliphatic heterocycles. The fourth-order valence-corrected chi connectivity index (χ4v) is 2.02. The van der Waals surface area contributed by atoms with Crippen molar-refractivity contribution >= 4 is 21.6 Å². The van der Waals surface area contributed by atoms with Crippen molar-refractivity contribution in [2.45, 2.75) is 6.61 Å². The van der Waals surface area contributed by atoms with Gasteiger partial charge >= 0.3 is 0 Å². The van der Waals surface area contributed by atoms with Crippen LogP contribution in [0.2, 0.25) is 0 Å². The van der Waals surface area contributed by atoms with E-state index in [1.165, 1.54) is 6.07 Å². The topological polar surface area (TPSA) is 76.2 Å². The fourth-order valence-electron chi connectivity index (χ4n) is 1.67. The number of benzene rings is 2. The highest BCUT2D eigenvalue weighted by atomic mass is 79.9. The lowest BCUT2D eigenvalue weighted by atomic mass is 10.2. The standard InChI is InChI=1S/C14H9BrN2O3/c15-12-6-5-11(13(7-12)17(18)19)9-20-14-4-2-1-3-10(14)8-16/h1-7H,9H2. The molecule has 0 radical (unpaired) electrons. The Bertz CT molecular complexity index is 695. The van der Waals surface area contributed by atoms with Crippen molar-refractivity contribution < 1.29 is 9.66 Å². The quantitative estimate of drug-likeness (QED) is 0.630. The summed E-state index contributed by atoms with van der Waals surface area (Å²) in [4.78, 5) is 10.5. The molecule has 0 saturated carbocycles. The number of halogens is 1. The van der Waals surface area contributed by atoms with E-state index in [0.717, 1.165) is 0 Å². The molecule has 0 unspecified atom stereocenters. The van der Waals surface area contributed by atoms with Gasteiger partial charge in [0.15, 0.2) is 0 Å². The molecule has 20 heavy (non-hydrogen) atoms. The minimum atomic E-state index is -0.459. The molecule has 2 rings (SSSR count). The maximum atomic E-state index is 11.0. The lowest BCUT2D eigenvalue weighted by Gasteiger charge is -2.08. The molecule has 0 amide bonds. The van der Waals surface area contributed by atoms with Crippen molar-refractivity contribution in [3.63, 3.8) is 0 Å². The van der Waals surface area contributed by atoms with Crippen molar-refractivity contribution in [2.75, 3.05) is 0 Å². The number of ether oxygens (including phenoxy) is 1. The van der Waals surface area contributed by atoms with Crippen LogP contribution in [0.4, 0.5) is 5.69 Å². The van der Waals surface area contributed by atoms with Gasteiger partial charge in [0, 0.05) is 10.5 Å². The summed E-state index contributed by atoms with van der Waals surface area (Å²) in [5.41, 5.74) is 0.826. The average Bonchev–Trinajstić information content (AvgIpc) is 2.46. The van der Waals surface area contributed by atoms with E-state index < -0.39 is 4.92 Å². The molecule has 5 nitrogen and oxygen atoms in total. The molecule has 0 fully saturated rings. The Morgan fingerprint density at radius 2 is 2.05 bits per heavy atom. The SMILES string of the molecule is N#Cc1ccccc1OCc1ccc(Br)cc1[N+](=O)[O-]. The summed E-state index contributed by atoms with van der Waals surface area (Å²) >= 11 is 3.20. The van der Waals surface area contributed by atoms with Crippen molar-refractivity contribution in [1.82, 2.24) is 0 Å². The first-order valence-corrected chi connectivity index (χ1v) is 6.46. The van der Waals surface area contributed by atoms with E-state index in [2.05, 4.69) is 15.9 Å². The molecular weight excluding hydrogens is 324 g/mol. The zero-order valence-electron chi connectivity index (χ0n) is 10.2. The molecule has 100 valence electrons. The zero-order chi connectivity index (χ0) is 14.5. The highest BCUT2D eigenvalue weighted by Gasteiger charge is 2.15. The molecule has 2 aromatic carbocycles. The summed E-state index contributed by atoms with van der Waals surface area (Å²) in [5.74, 6) is 0.409. The van der Waals surface area contributed by atoms with Gasteiger partial charge in [0.1, 0.15) is 18.4 Å². The van der Waals surface area contributed by atoms with Crippen LogP contribution >= 0.6 is 15.9 Å². The number of nitrogens with zero attached hydrogens (tertiary/aromatic N) is 2. The monoisotopic (exact) mass is 332 g/mol. The molecule has 0 saturated heterocycles. The highest BCUT2D eigenvalue weighted by Crippen LogP contribution is 2.25. The Kier molecular flexibility index (Phi) is 4.33.